The molecule has 1 fully saturated rings. The number of rotatable bonds is 2. The van der Waals surface area contributed by atoms with Crippen LogP contribution >= 0.6 is 0 Å². The second-order valence-electron chi connectivity index (χ2n) is 9.59. The molecule has 1 saturated heterocycles. The molecule has 0 radical (unpaired) electrons. The Kier molecular flexibility index (Phi) is 5.90. The number of nitrogens with zero attached hydrogens (tertiary/aromatic N) is 2. The van der Waals surface area contributed by atoms with Gasteiger partial charge in [0, 0.05) is 12.1 Å². The van der Waals surface area contributed by atoms with Crippen molar-refractivity contribution in [3.63, 3.8) is 0 Å². The molecule has 1 N–H and O–H groups in total. The standard InChI is InChI=1S/C23H31N3O2Si/c1-23(2,3)28-22(27)26-14-7-8-20(26)21-24-16-19(25-21)18-11-9-17(10-12-18)13-15-29(4,5)6/h9-12,16,20H,7-8,14H2,1-6H3,(H,24,25)/t20-/m0/s1. The van der Waals surface area contributed by atoms with Gasteiger partial charge in [0.25, 0.3) is 0 Å². The van der Waals surface area contributed by atoms with E-state index in [4.69, 9.17) is 4.74 Å². The SMILES string of the molecule is CC(C)(C)OC(=O)N1CCC[C@H]1c1ncc(-c2ccc(C#C[Si](C)(C)C)cc2)[nH]1. The molecule has 1 aromatic carbocycles. The van der Waals surface area contributed by atoms with Crippen molar-refractivity contribution >= 4 is 14.2 Å². The van der Waals surface area contributed by atoms with Crippen molar-refractivity contribution in [2.45, 2.75) is 64.9 Å². The second kappa shape index (κ2) is 8.07. The lowest BCUT2D eigenvalue weighted by atomic mass is 10.1. The number of imidazole rings is 1. The number of hydrogen-bond acceptors (Lipinski definition) is 3. The van der Waals surface area contributed by atoms with Gasteiger partial charge in [-0.15, -0.1) is 5.54 Å². The summed E-state index contributed by atoms with van der Waals surface area (Å²) in [5, 5.41) is 0. The van der Waals surface area contributed by atoms with E-state index in [0.717, 1.165) is 35.5 Å². The van der Waals surface area contributed by atoms with Gasteiger partial charge < -0.3 is 9.72 Å². The molecule has 3 rings (SSSR count). The van der Waals surface area contributed by atoms with Crippen molar-refractivity contribution in [2.24, 2.45) is 0 Å². The largest absolute Gasteiger partial charge is 0.444 e. The van der Waals surface area contributed by atoms with Crippen LogP contribution in [-0.4, -0.2) is 41.2 Å². The Bertz CT molecular complexity index is 924. The molecule has 0 bridgehead atoms. The van der Waals surface area contributed by atoms with Gasteiger partial charge in [0.15, 0.2) is 0 Å². The highest BCUT2D eigenvalue weighted by atomic mass is 28.3. The predicted octanol–water partition coefficient (Wildman–Crippen LogP) is 5.38. The maximum atomic E-state index is 12.5. The van der Waals surface area contributed by atoms with Gasteiger partial charge in [0.1, 0.15) is 19.5 Å². The van der Waals surface area contributed by atoms with Crippen LogP contribution in [0.1, 0.15) is 51.0 Å². The zero-order valence-electron chi connectivity index (χ0n) is 18.3. The molecule has 1 aromatic heterocycles. The van der Waals surface area contributed by atoms with Crippen molar-refractivity contribution in [3.05, 3.63) is 41.9 Å². The number of benzene rings is 1. The number of amides is 1. The van der Waals surface area contributed by atoms with Gasteiger partial charge in [0.2, 0.25) is 0 Å². The molecular weight excluding hydrogens is 378 g/mol. The van der Waals surface area contributed by atoms with E-state index in [9.17, 15) is 4.79 Å². The number of H-pyrrole nitrogens is 1. The number of aromatic nitrogens is 2. The molecule has 1 amide bonds. The van der Waals surface area contributed by atoms with Crippen molar-refractivity contribution in [1.29, 1.82) is 0 Å². The lowest BCUT2D eigenvalue weighted by molar-refractivity contribution is 0.0218. The number of carbonyl (C=O) groups is 1. The fraction of sp³-hybridized carbons (Fsp3) is 0.478. The first kappa shape index (κ1) is 21.2. The van der Waals surface area contributed by atoms with Crippen LogP contribution in [0.4, 0.5) is 4.79 Å². The molecule has 0 saturated carbocycles. The van der Waals surface area contributed by atoms with Crippen LogP contribution in [0, 0.1) is 11.5 Å². The molecule has 1 aliphatic rings. The molecular formula is C23H31N3O2Si. The van der Waals surface area contributed by atoms with Gasteiger partial charge in [-0.25, -0.2) is 9.78 Å². The number of likely N-dealkylation sites (tertiary alicyclic amines) is 1. The first-order chi connectivity index (χ1) is 13.5. The smallest absolute Gasteiger partial charge is 0.410 e. The van der Waals surface area contributed by atoms with Crippen molar-refractivity contribution in [3.8, 4) is 22.7 Å². The average molecular weight is 410 g/mol. The summed E-state index contributed by atoms with van der Waals surface area (Å²) in [4.78, 5) is 22.3. The number of aromatic amines is 1. The van der Waals surface area contributed by atoms with Crippen LogP contribution in [0.3, 0.4) is 0 Å². The minimum atomic E-state index is -1.38. The van der Waals surface area contributed by atoms with Crippen LogP contribution in [0.25, 0.3) is 11.3 Å². The van der Waals surface area contributed by atoms with E-state index in [2.05, 4.69) is 53.2 Å². The summed E-state index contributed by atoms with van der Waals surface area (Å²) in [5.41, 5.74) is 5.92. The van der Waals surface area contributed by atoms with E-state index >= 15 is 0 Å². The van der Waals surface area contributed by atoms with Gasteiger partial charge in [-0.1, -0.05) is 37.7 Å². The maximum absolute atomic E-state index is 12.5. The highest BCUT2D eigenvalue weighted by Crippen LogP contribution is 2.32. The Hall–Kier alpha value is -2.52. The Morgan fingerprint density at radius 3 is 2.55 bits per heavy atom. The topological polar surface area (TPSA) is 58.2 Å². The summed E-state index contributed by atoms with van der Waals surface area (Å²) < 4.78 is 5.56. The highest BCUT2D eigenvalue weighted by molar-refractivity contribution is 6.83. The number of nitrogens with one attached hydrogen (secondary N) is 1. The fourth-order valence-corrected chi connectivity index (χ4v) is 3.75. The molecule has 1 atom stereocenters. The zero-order chi connectivity index (χ0) is 21.2. The Morgan fingerprint density at radius 1 is 1.24 bits per heavy atom. The second-order valence-corrected chi connectivity index (χ2v) is 14.3. The molecule has 0 unspecified atom stereocenters. The summed E-state index contributed by atoms with van der Waals surface area (Å²) in [6.45, 7) is 13.1. The molecule has 0 aliphatic carbocycles. The maximum Gasteiger partial charge on any atom is 0.410 e. The molecule has 6 heteroatoms. The number of carbonyl (C=O) groups excluding carboxylic acids is 1. The van der Waals surface area contributed by atoms with E-state index < -0.39 is 13.7 Å². The summed E-state index contributed by atoms with van der Waals surface area (Å²) in [5.74, 6) is 4.09. The predicted molar refractivity (Wildman–Crippen MR) is 119 cm³/mol. The van der Waals surface area contributed by atoms with Crippen LogP contribution in [0.15, 0.2) is 30.5 Å². The van der Waals surface area contributed by atoms with Crippen molar-refractivity contribution in [2.75, 3.05) is 6.54 Å². The molecule has 154 valence electrons. The number of hydrogen-bond donors (Lipinski definition) is 1. The Balaban J connectivity index is 1.74. The number of ether oxygens (including phenoxy) is 1. The lowest BCUT2D eigenvalue weighted by Gasteiger charge is -2.27. The third-order valence-corrected chi connectivity index (χ3v) is 5.44. The quantitative estimate of drug-likeness (QED) is 0.535. The zero-order valence-corrected chi connectivity index (χ0v) is 19.3. The van der Waals surface area contributed by atoms with Crippen LogP contribution in [0.5, 0.6) is 0 Å². The first-order valence-electron chi connectivity index (χ1n) is 10.2. The van der Waals surface area contributed by atoms with E-state index in [0.29, 0.717) is 6.54 Å². The summed E-state index contributed by atoms with van der Waals surface area (Å²) in [7, 11) is -1.38. The van der Waals surface area contributed by atoms with Gasteiger partial charge in [-0.2, -0.15) is 0 Å². The molecule has 0 spiro atoms. The minimum absolute atomic E-state index is 0.0690. The van der Waals surface area contributed by atoms with Crippen molar-refractivity contribution < 1.29 is 9.53 Å². The monoisotopic (exact) mass is 409 g/mol. The summed E-state index contributed by atoms with van der Waals surface area (Å²) in [6.07, 6.45) is 3.40. The fourth-order valence-electron chi connectivity index (χ4n) is 3.24. The Morgan fingerprint density at radius 2 is 1.93 bits per heavy atom. The van der Waals surface area contributed by atoms with Crippen molar-refractivity contribution in [1.82, 2.24) is 14.9 Å². The average Bonchev–Trinajstić information content (AvgIpc) is 3.27. The van der Waals surface area contributed by atoms with Gasteiger partial charge in [-0.3, -0.25) is 4.90 Å². The van der Waals surface area contributed by atoms with E-state index in [-0.39, 0.29) is 12.1 Å². The molecule has 2 aromatic rings. The molecule has 5 nitrogen and oxygen atoms in total. The van der Waals surface area contributed by atoms with Gasteiger partial charge in [-0.05, 0) is 51.3 Å². The summed E-state index contributed by atoms with van der Waals surface area (Å²) >= 11 is 0. The van der Waals surface area contributed by atoms with Crippen LogP contribution < -0.4 is 0 Å². The van der Waals surface area contributed by atoms with Crippen LogP contribution in [0.2, 0.25) is 19.6 Å². The summed E-state index contributed by atoms with van der Waals surface area (Å²) in [6, 6.07) is 8.15. The lowest BCUT2D eigenvalue weighted by Crippen LogP contribution is -2.36. The molecule has 29 heavy (non-hydrogen) atoms. The molecule has 2 heterocycles. The third-order valence-electron chi connectivity index (χ3n) is 4.57. The first-order valence-corrected chi connectivity index (χ1v) is 13.7. The normalized spacial score (nSPS) is 17.0. The van der Waals surface area contributed by atoms with Gasteiger partial charge in [0.05, 0.1) is 17.9 Å². The van der Waals surface area contributed by atoms with E-state index in [1.54, 1.807) is 4.90 Å². The van der Waals surface area contributed by atoms with E-state index in [1.165, 1.54) is 0 Å². The molecule has 1 aliphatic heterocycles. The van der Waals surface area contributed by atoms with E-state index in [1.807, 2.05) is 39.1 Å². The minimum Gasteiger partial charge on any atom is -0.444 e. The van der Waals surface area contributed by atoms with Crippen LogP contribution in [-0.2, 0) is 4.74 Å². The van der Waals surface area contributed by atoms with Gasteiger partial charge >= 0.3 is 6.09 Å². The Labute approximate surface area is 174 Å². The third kappa shape index (κ3) is 5.74. The highest BCUT2D eigenvalue weighted by Gasteiger charge is 2.34.